The lowest BCUT2D eigenvalue weighted by atomic mass is 10.2. The molecule has 6 heteroatoms. The van der Waals surface area contributed by atoms with Crippen LogP contribution in [0.2, 0.25) is 0 Å². The van der Waals surface area contributed by atoms with Gasteiger partial charge >= 0.3 is 0 Å². The number of nitrogens with one attached hydrogen (secondary N) is 2. The standard InChI is InChI=1S/C14H23N3O2.HI/c1-5-9-16-14(15-3)17-11-7-8-12(19-6-2)13(10-11)18-4;/h7-8,10H,5-6,9H2,1-4H3,(H2,15,16,17);1H. The number of aliphatic imine (C=N–C) groups is 1. The first-order valence-corrected chi connectivity index (χ1v) is 6.53. The fourth-order valence-electron chi connectivity index (χ4n) is 1.58. The molecule has 0 aliphatic carbocycles. The molecule has 0 aliphatic rings. The van der Waals surface area contributed by atoms with Gasteiger partial charge in [-0.1, -0.05) is 6.92 Å². The summed E-state index contributed by atoms with van der Waals surface area (Å²) in [4.78, 5) is 4.16. The fraction of sp³-hybridized carbons (Fsp3) is 0.500. The van der Waals surface area contributed by atoms with Gasteiger partial charge in [-0.15, -0.1) is 24.0 Å². The molecule has 0 atom stereocenters. The first-order chi connectivity index (χ1) is 9.24. The lowest BCUT2D eigenvalue weighted by molar-refractivity contribution is 0.311. The number of rotatable bonds is 6. The van der Waals surface area contributed by atoms with Crippen LogP contribution in [-0.2, 0) is 0 Å². The molecule has 0 amide bonds. The maximum absolute atomic E-state index is 5.48. The van der Waals surface area contributed by atoms with Crippen LogP contribution in [0.5, 0.6) is 11.5 Å². The summed E-state index contributed by atoms with van der Waals surface area (Å²) in [5.74, 6) is 2.19. The van der Waals surface area contributed by atoms with Crippen molar-refractivity contribution >= 4 is 35.6 Å². The summed E-state index contributed by atoms with van der Waals surface area (Å²) in [6.45, 7) is 5.55. The van der Waals surface area contributed by atoms with Crippen LogP contribution < -0.4 is 20.1 Å². The molecule has 20 heavy (non-hydrogen) atoms. The van der Waals surface area contributed by atoms with Crippen molar-refractivity contribution < 1.29 is 9.47 Å². The van der Waals surface area contributed by atoms with Crippen molar-refractivity contribution in [3.8, 4) is 11.5 Å². The lowest BCUT2D eigenvalue weighted by Crippen LogP contribution is -2.31. The van der Waals surface area contributed by atoms with Crippen molar-refractivity contribution in [2.45, 2.75) is 20.3 Å². The monoisotopic (exact) mass is 393 g/mol. The van der Waals surface area contributed by atoms with Crippen LogP contribution >= 0.6 is 24.0 Å². The minimum atomic E-state index is 0. The van der Waals surface area contributed by atoms with Gasteiger partial charge in [-0.3, -0.25) is 4.99 Å². The van der Waals surface area contributed by atoms with Crippen LogP contribution in [0.3, 0.4) is 0 Å². The Bertz CT molecular complexity index is 425. The maximum atomic E-state index is 5.48. The van der Waals surface area contributed by atoms with Crippen LogP contribution in [-0.4, -0.2) is 33.3 Å². The van der Waals surface area contributed by atoms with Gasteiger partial charge in [-0.05, 0) is 25.5 Å². The van der Waals surface area contributed by atoms with Crippen LogP contribution in [0.25, 0.3) is 0 Å². The molecule has 0 saturated heterocycles. The number of nitrogens with zero attached hydrogens (tertiary/aromatic N) is 1. The average Bonchev–Trinajstić information content (AvgIpc) is 2.45. The normalized spacial score (nSPS) is 10.5. The molecule has 0 heterocycles. The second-order valence-electron chi connectivity index (χ2n) is 3.92. The van der Waals surface area contributed by atoms with Crippen molar-refractivity contribution in [1.29, 1.82) is 0 Å². The molecular weight excluding hydrogens is 369 g/mol. The highest BCUT2D eigenvalue weighted by molar-refractivity contribution is 14.0. The molecule has 0 bridgehead atoms. The van der Waals surface area contributed by atoms with E-state index in [0.717, 1.165) is 30.4 Å². The summed E-state index contributed by atoms with van der Waals surface area (Å²) in [6, 6.07) is 5.72. The number of anilines is 1. The van der Waals surface area contributed by atoms with Crippen LogP contribution in [0.4, 0.5) is 5.69 Å². The SMILES string of the molecule is CCCNC(=NC)Nc1ccc(OCC)c(OC)c1.I. The minimum Gasteiger partial charge on any atom is -0.493 e. The molecule has 0 aliphatic heterocycles. The molecule has 0 aromatic heterocycles. The quantitative estimate of drug-likeness (QED) is 0.443. The number of hydrogen-bond donors (Lipinski definition) is 2. The Labute approximate surface area is 138 Å². The van der Waals surface area contributed by atoms with E-state index in [1.54, 1.807) is 14.2 Å². The van der Waals surface area contributed by atoms with E-state index in [1.807, 2.05) is 25.1 Å². The molecule has 0 radical (unpaired) electrons. The zero-order valence-corrected chi connectivity index (χ0v) is 14.9. The highest BCUT2D eigenvalue weighted by Gasteiger charge is 2.06. The number of halogens is 1. The maximum Gasteiger partial charge on any atom is 0.195 e. The smallest absolute Gasteiger partial charge is 0.195 e. The van der Waals surface area contributed by atoms with Gasteiger partial charge < -0.3 is 20.1 Å². The Balaban J connectivity index is 0.00000361. The molecule has 1 aromatic carbocycles. The van der Waals surface area contributed by atoms with Crippen LogP contribution in [0.15, 0.2) is 23.2 Å². The summed E-state index contributed by atoms with van der Waals surface area (Å²) in [6.07, 6.45) is 1.05. The molecule has 2 N–H and O–H groups in total. The van der Waals surface area contributed by atoms with Gasteiger partial charge in [0.05, 0.1) is 13.7 Å². The van der Waals surface area contributed by atoms with Crippen LogP contribution in [0, 0.1) is 0 Å². The van der Waals surface area contributed by atoms with Crippen molar-refractivity contribution in [3.63, 3.8) is 0 Å². The van der Waals surface area contributed by atoms with Gasteiger partial charge in [0.25, 0.3) is 0 Å². The Morgan fingerprint density at radius 2 is 2.00 bits per heavy atom. The van der Waals surface area contributed by atoms with E-state index in [4.69, 9.17) is 9.47 Å². The summed E-state index contributed by atoms with van der Waals surface area (Å²) in [5, 5.41) is 6.42. The van der Waals surface area contributed by atoms with Gasteiger partial charge in [0.2, 0.25) is 0 Å². The zero-order chi connectivity index (χ0) is 14.1. The van der Waals surface area contributed by atoms with E-state index in [9.17, 15) is 0 Å². The van der Waals surface area contributed by atoms with E-state index in [0.29, 0.717) is 12.4 Å². The van der Waals surface area contributed by atoms with Gasteiger partial charge in [0.15, 0.2) is 17.5 Å². The largest absolute Gasteiger partial charge is 0.493 e. The molecule has 0 saturated carbocycles. The van der Waals surface area contributed by atoms with Crippen molar-refractivity contribution in [2.24, 2.45) is 4.99 Å². The van der Waals surface area contributed by atoms with Crippen molar-refractivity contribution in [1.82, 2.24) is 5.32 Å². The number of benzene rings is 1. The zero-order valence-electron chi connectivity index (χ0n) is 12.5. The molecule has 114 valence electrons. The molecule has 0 unspecified atom stereocenters. The highest BCUT2D eigenvalue weighted by atomic mass is 127. The molecule has 1 aromatic rings. The lowest BCUT2D eigenvalue weighted by Gasteiger charge is -2.14. The predicted octanol–water partition coefficient (Wildman–Crippen LogP) is 3.11. The Kier molecular flexibility index (Phi) is 9.96. The van der Waals surface area contributed by atoms with Crippen LogP contribution in [0.1, 0.15) is 20.3 Å². The molecule has 5 nitrogen and oxygen atoms in total. The second-order valence-corrected chi connectivity index (χ2v) is 3.92. The first kappa shape index (κ1) is 18.8. The summed E-state index contributed by atoms with van der Waals surface area (Å²) in [5.41, 5.74) is 0.907. The third kappa shape index (κ3) is 5.85. The van der Waals surface area contributed by atoms with E-state index < -0.39 is 0 Å². The van der Waals surface area contributed by atoms with E-state index in [-0.39, 0.29) is 24.0 Å². The molecular formula is C14H24IN3O2. The fourth-order valence-corrected chi connectivity index (χ4v) is 1.58. The van der Waals surface area contributed by atoms with E-state index in [2.05, 4.69) is 22.5 Å². The number of hydrogen-bond acceptors (Lipinski definition) is 3. The Morgan fingerprint density at radius 1 is 1.25 bits per heavy atom. The predicted molar refractivity (Wildman–Crippen MR) is 94.9 cm³/mol. The minimum absolute atomic E-state index is 0. The third-order valence-corrected chi connectivity index (χ3v) is 2.49. The highest BCUT2D eigenvalue weighted by Crippen LogP contribution is 2.30. The van der Waals surface area contributed by atoms with Gasteiger partial charge in [-0.2, -0.15) is 0 Å². The topological polar surface area (TPSA) is 54.9 Å². The Hall–Kier alpha value is -1.18. The summed E-state index contributed by atoms with van der Waals surface area (Å²) < 4.78 is 10.8. The van der Waals surface area contributed by atoms with Gasteiger partial charge in [-0.25, -0.2) is 0 Å². The number of methoxy groups -OCH3 is 1. The second kappa shape index (κ2) is 10.6. The Morgan fingerprint density at radius 3 is 2.55 bits per heavy atom. The van der Waals surface area contributed by atoms with Crippen molar-refractivity contribution in [2.75, 3.05) is 32.6 Å². The first-order valence-electron chi connectivity index (χ1n) is 6.53. The molecule has 1 rings (SSSR count). The van der Waals surface area contributed by atoms with Gasteiger partial charge in [0, 0.05) is 25.3 Å². The van der Waals surface area contributed by atoms with Gasteiger partial charge in [0.1, 0.15) is 0 Å². The molecule has 0 fully saturated rings. The average molecular weight is 393 g/mol. The third-order valence-electron chi connectivity index (χ3n) is 2.49. The van der Waals surface area contributed by atoms with E-state index >= 15 is 0 Å². The summed E-state index contributed by atoms with van der Waals surface area (Å²) in [7, 11) is 3.38. The number of ether oxygens (including phenoxy) is 2. The summed E-state index contributed by atoms with van der Waals surface area (Å²) >= 11 is 0. The molecule has 0 spiro atoms. The van der Waals surface area contributed by atoms with E-state index in [1.165, 1.54) is 0 Å². The van der Waals surface area contributed by atoms with Crippen molar-refractivity contribution in [3.05, 3.63) is 18.2 Å². The number of guanidine groups is 1.